The van der Waals surface area contributed by atoms with E-state index < -0.39 is 0 Å². The summed E-state index contributed by atoms with van der Waals surface area (Å²) in [6.07, 6.45) is 1.75. The molecule has 0 bridgehead atoms. The van der Waals surface area contributed by atoms with Crippen molar-refractivity contribution in [2.75, 3.05) is 7.05 Å². The molecule has 19 heavy (non-hydrogen) atoms. The number of nitrogens with one attached hydrogen (secondary N) is 1. The van der Waals surface area contributed by atoms with Crippen LogP contribution in [0.4, 0.5) is 0 Å². The van der Waals surface area contributed by atoms with Crippen LogP contribution in [0.15, 0.2) is 50.9 Å². The first kappa shape index (κ1) is 14.1. The Bertz CT molecular complexity index is 605. The van der Waals surface area contributed by atoms with Gasteiger partial charge in [-0.1, -0.05) is 17.8 Å². The van der Waals surface area contributed by atoms with E-state index in [0.717, 1.165) is 26.5 Å². The van der Waals surface area contributed by atoms with E-state index in [2.05, 4.69) is 32.3 Å². The Balaban J connectivity index is 2.25. The predicted molar refractivity (Wildman–Crippen MR) is 80.0 cm³/mol. The van der Waals surface area contributed by atoms with Crippen LogP contribution < -0.4 is 5.32 Å². The van der Waals surface area contributed by atoms with Crippen LogP contribution in [0.5, 0.6) is 0 Å². The summed E-state index contributed by atoms with van der Waals surface area (Å²) >= 11 is 4.85. The van der Waals surface area contributed by atoms with Gasteiger partial charge in [-0.3, -0.25) is 0 Å². The fourth-order valence-corrected chi connectivity index (χ4v) is 2.65. The largest absolute Gasteiger partial charge is 0.316 e. The zero-order valence-corrected chi connectivity index (χ0v) is 12.8. The molecule has 0 spiro atoms. The molecule has 0 aliphatic rings. The summed E-state index contributed by atoms with van der Waals surface area (Å²) in [5, 5.41) is 13.2. The third-order valence-electron chi connectivity index (χ3n) is 2.46. The maximum atomic E-state index is 9.22. The molecule has 2 aromatic rings. The van der Waals surface area contributed by atoms with E-state index in [4.69, 9.17) is 0 Å². The number of pyridine rings is 1. The number of benzene rings is 1. The Hall–Kier alpha value is -1.35. The summed E-state index contributed by atoms with van der Waals surface area (Å²) in [6, 6.07) is 12.0. The standard InChI is InChI=1S/C14H12BrN3S/c1-17-8-10-2-4-13(11(6-10)7-16)19-14-5-3-12(15)9-18-14/h2-6,9,17H,8H2,1H3. The molecule has 1 aromatic carbocycles. The average Bonchev–Trinajstić information content (AvgIpc) is 2.43. The van der Waals surface area contributed by atoms with Gasteiger partial charge in [-0.05, 0) is 52.8 Å². The molecule has 0 aliphatic heterocycles. The monoisotopic (exact) mass is 333 g/mol. The predicted octanol–water partition coefficient (Wildman–Crippen LogP) is 3.59. The van der Waals surface area contributed by atoms with E-state index in [0.29, 0.717) is 5.56 Å². The highest BCUT2D eigenvalue weighted by molar-refractivity contribution is 9.10. The van der Waals surface area contributed by atoms with Crippen molar-refractivity contribution in [2.45, 2.75) is 16.5 Å². The van der Waals surface area contributed by atoms with E-state index in [9.17, 15) is 5.26 Å². The lowest BCUT2D eigenvalue weighted by molar-refractivity contribution is 0.816. The molecule has 0 aliphatic carbocycles. The van der Waals surface area contributed by atoms with E-state index in [1.807, 2.05) is 37.4 Å². The minimum absolute atomic E-state index is 0.683. The maximum absolute atomic E-state index is 9.22. The summed E-state index contributed by atoms with van der Waals surface area (Å²) in [5.74, 6) is 0. The second kappa shape index (κ2) is 6.71. The Morgan fingerprint density at radius 1 is 1.37 bits per heavy atom. The molecule has 5 heteroatoms. The van der Waals surface area contributed by atoms with Crippen LogP contribution in [0.1, 0.15) is 11.1 Å². The first-order valence-corrected chi connectivity index (χ1v) is 7.31. The van der Waals surface area contributed by atoms with E-state index in [1.54, 1.807) is 6.20 Å². The zero-order valence-electron chi connectivity index (χ0n) is 10.4. The van der Waals surface area contributed by atoms with Crippen molar-refractivity contribution in [3.63, 3.8) is 0 Å². The molecule has 0 saturated heterocycles. The van der Waals surface area contributed by atoms with Gasteiger partial charge in [0.2, 0.25) is 0 Å². The van der Waals surface area contributed by atoms with Gasteiger partial charge in [-0.15, -0.1) is 0 Å². The van der Waals surface area contributed by atoms with Crippen molar-refractivity contribution < 1.29 is 0 Å². The number of hydrogen-bond donors (Lipinski definition) is 1. The van der Waals surface area contributed by atoms with E-state index in [1.165, 1.54) is 11.8 Å². The summed E-state index contributed by atoms with van der Waals surface area (Å²) in [7, 11) is 1.89. The van der Waals surface area contributed by atoms with Gasteiger partial charge in [0.05, 0.1) is 5.56 Å². The topological polar surface area (TPSA) is 48.7 Å². The molecule has 0 unspecified atom stereocenters. The molecule has 1 aromatic heterocycles. The highest BCUT2D eigenvalue weighted by atomic mass is 79.9. The minimum Gasteiger partial charge on any atom is -0.316 e. The first-order valence-electron chi connectivity index (χ1n) is 5.70. The molecule has 0 radical (unpaired) electrons. The van der Waals surface area contributed by atoms with Crippen molar-refractivity contribution in [2.24, 2.45) is 0 Å². The van der Waals surface area contributed by atoms with Crippen LogP contribution in [-0.4, -0.2) is 12.0 Å². The van der Waals surface area contributed by atoms with Gasteiger partial charge in [0.1, 0.15) is 11.1 Å². The SMILES string of the molecule is CNCc1ccc(Sc2ccc(Br)cn2)c(C#N)c1. The summed E-state index contributed by atoms with van der Waals surface area (Å²) in [6.45, 7) is 0.760. The summed E-state index contributed by atoms with van der Waals surface area (Å²) in [5.41, 5.74) is 1.79. The zero-order chi connectivity index (χ0) is 13.7. The van der Waals surface area contributed by atoms with Crippen LogP contribution in [0.25, 0.3) is 0 Å². The normalized spacial score (nSPS) is 10.2. The summed E-state index contributed by atoms with van der Waals surface area (Å²) in [4.78, 5) is 5.23. The second-order valence-electron chi connectivity index (χ2n) is 3.89. The van der Waals surface area contributed by atoms with Gasteiger partial charge >= 0.3 is 0 Å². The van der Waals surface area contributed by atoms with Gasteiger partial charge in [-0.25, -0.2) is 4.98 Å². The van der Waals surface area contributed by atoms with Crippen LogP contribution in [0, 0.1) is 11.3 Å². The number of nitrogens with zero attached hydrogens (tertiary/aromatic N) is 2. The average molecular weight is 334 g/mol. The molecule has 0 amide bonds. The molecular formula is C14H12BrN3S. The fraction of sp³-hybridized carbons (Fsp3) is 0.143. The van der Waals surface area contributed by atoms with Gasteiger partial charge in [-0.2, -0.15) is 5.26 Å². The number of aromatic nitrogens is 1. The first-order chi connectivity index (χ1) is 9.22. The molecular weight excluding hydrogens is 322 g/mol. The van der Waals surface area contributed by atoms with Crippen LogP contribution >= 0.6 is 27.7 Å². The number of hydrogen-bond acceptors (Lipinski definition) is 4. The number of rotatable bonds is 4. The van der Waals surface area contributed by atoms with Crippen molar-refractivity contribution in [1.29, 1.82) is 5.26 Å². The molecule has 96 valence electrons. The molecule has 3 nitrogen and oxygen atoms in total. The van der Waals surface area contributed by atoms with Gasteiger partial charge in [0.15, 0.2) is 0 Å². The van der Waals surface area contributed by atoms with E-state index in [-0.39, 0.29) is 0 Å². The third kappa shape index (κ3) is 3.80. The second-order valence-corrected chi connectivity index (χ2v) is 5.87. The Kier molecular flexibility index (Phi) is 4.97. The van der Waals surface area contributed by atoms with Crippen LogP contribution in [0.2, 0.25) is 0 Å². The molecule has 1 N–H and O–H groups in total. The summed E-state index contributed by atoms with van der Waals surface area (Å²) < 4.78 is 0.946. The minimum atomic E-state index is 0.683. The Morgan fingerprint density at radius 2 is 2.21 bits per heavy atom. The third-order valence-corrected chi connectivity index (χ3v) is 3.96. The highest BCUT2D eigenvalue weighted by Gasteiger charge is 2.06. The van der Waals surface area contributed by atoms with Gasteiger partial charge in [0.25, 0.3) is 0 Å². The number of halogens is 1. The maximum Gasteiger partial charge on any atom is 0.101 e. The van der Waals surface area contributed by atoms with Crippen LogP contribution in [-0.2, 0) is 6.54 Å². The smallest absolute Gasteiger partial charge is 0.101 e. The van der Waals surface area contributed by atoms with Crippen molar-refractivity contribution >= 4 is 27.7 Å². The quantitative estimate of drug-likeness (QED) is 0.928. The molecule has 0 saturated carbocycles. The highest BCUT2D eigenvalue weighted by Crippen LogP contribution is 2.30. The van der Waals surface area contributed by atoms with Crippen LogP contribution in [0.3, 0.4) is 0 Å². The molecule has 2 rings (SSSR count). The van der Waals surface area contributed by atoms with Crippen molar-refractivity contribution in [3.8, 4) is 6.07 Å². The molecule has 0 fully saturated rings. The lowest BCUT2D eigenvalue weighted by Gasteiger charge is -2.06. The van der Waals surface area contributed by atoms with Gasteiger partial charge in [0, 0.05) is 22.1 Å². The fourth-order valence-electron chi connectivity index (χ4n) is 1.60. The molecule has 1 heterocycles. The lowest BCUT2D eigenvalue weighted by Crippen LogP contribution is -2.05. The lowest BCUT2D eigenvalue weighted by atomic mass is 10.1. The van der Waals surface area contributed by atoms with E-state index >= 15 is 0 Å². The Morgan fingerprint density at radius 3 is 2.84 bits per heavy atom. The van der Waals surface area contributed by atoms with Crippen molar-refractivity contribution in [3.05, 3.63) is 52.1 Å². The van der Waals surface area contributed by atoms with Gasteiger partial charge < -0.3 is 5.32 Å². The number of nitriles is 1. The van der Waals surface area contributed by atoms with Crippen molar-refractivity contribution in [1.82, 2.24) is 10.3 Å². The molecule has 0 atom stereocenters. The Labute approximate surface area is 125 Å².